The van der Waals surface area contributed by atoms with Gasteiger partial charge in [-0.05, 0) is 85.4 Å². The number of hydrogen-bond donors (Lipinski definition) is 0. The third-order valence-electron chi connectivity index (χ3n) is 7.91. The van der Waals surface area contributed by atoms with Crippen LogP contribution in [-0.2, 0) is 4.74 Å². The third-order valence-corrected chi connectivity index (χ3v) is 7.91. The van der Waals surface area contributed by atoms with Crippen molar-refractivity contribution in [1.29, 1.82) is 5.26 Å². The number of ether oxygens (including phenoxy) is 1. The standard InChI is InChI=1S/C32H33N3O/c1-34-31(24-33)28-22-30(36-32(23-28)18-6-3-7-19-32)15-12-25-10-13-29(14-11-25)35-20-16-27(17-21-35)26-8-4-2-5-9-26/h2,4-5,8-15,22,27H,3,6-7,16-21,23H2. The van der Waals surface area contributed by atoms with E-state index < -0.39 is 0 Å². The van der Waals surface area contributed by atoms with Gasteiger partial charge in [-0.15, -0.1) is 0 Å². The second-order valence-corrected chi connectivity index (χ2v) is 10.3. The molecule has 0 radical (unpaired) electrons. The first-order valence-corrected chi connectivity index (χ1v) is 13.2. The first kappa shape index (κ1) is 24.0. The number of anilines is 1. The maximum atomic E-state index is 9.45. The zero-order chi connectivity index (χ0) is 24.8. The number of nitriles is 1. The fourth-order valence-electron chi connectivity index (χ4n) is 5.93. The van der Waals surface area contributed by atoms with E-state index in [0.29, 0.717) is 12.3 Å². The van der Waals surface area contributed by atoms with E-state index in [4.69, 9.17) is 11.3 Å². The SMILES string of the molecule is [C-]#[N+]C(C#N)=C1C=C(C=Cc2ccc(N3CCC(c4ccccc4)CC3)cc2)OC2(CCCCC2)C1. The minimum atomic E-state index is -0.273. The summed E-state index contributed by atoms with van der Waals surface area (Å²) in [4.78, 5) is 5.96. The molecule has 1 spiro atoms. The molecular weight excluding hydrogens is 442 g/mol. The molecule has 3 aliphatic rings. The fourth-order valence-corrected chi connectivity index (χ4v) is 5.93. The molecule has 2 heterocycles. The molecule has 2 aliphatic heterocycles. The first-order valence-electron chi connectivity index (χ1n) is 13.2. The number of allylic oxidation sites excluding steroid dienone is 3. The van der Waals surface area contributed by atoms with Crippen molar-refractivity contribution in [2.24, 2.45) is 0 Å². The molecule has 0 bridgehead atoms. The molecule has 0 N–H and O–H groups in total. The summed E-state index contributed by atoms with van der Waals surface area (Å²) < 4.78 is 6.49. The lowest BCUT2D eigenvalue weighted by atomic mass is 9.78. The Kier molecular flexibility index (Phi) is 7.24. The molecule has 36 heavy (non-hydrogen) atoms. The molecule has 5 rings (SSSR count). The van der Waals surface area contributed by atoms with E-state index in [9.17, 15) is 5.26 Å². The smallest absolute Gasteiger partial charge is 0.265 e. The van der Waals surface area contributed by atoms with Crippen molar-refractivity contribution in [2.75, 3.05) is 18.0 Å². The van der Waals surface area contributed by atoms with Gasteiger partial charge in [-0.3, -0.25) is 0 Å². The van der Waals surface area contributed by atoms with Gasteiger partial charge in [0.2, 0.25) is 0 Å². The Balaban J connectivity index is 1.26. The van der Waals surface area contributed by atoms with Gasteiger partial charge in [0.15, 0.2) is 0 Å². The zero-order valence-corrected chi connectivity index (χ0v) is 20.8. The minimum Gasteiger partial charge on any atom is -0.487 e. The molecule has 182 valence electrons. The summed E-state index contributed by atoms with van der Waals surface area (Å²) in [7, 11) is 0. The average Bonchev–Trinajstić information content (AvgIpc) is 2.94. The van der Waals surface area contributed by atoms with Gasteiger partial charge in [-0.25, -0.2) is 10.1 Å². The number of hydrogen-bond acceptors (Lipinski definition) is 3. The Bertz CT molecular complexity index is 1210. The quantitative estimate of drug-likeness (QED) is 0.335. The van der Waals surface area contributed by atoms with Crippen molar-refractivity contribution in [2.45, 2.75) is 62.9 Å². The van der Waals surface area contributed by atoms with Crippen molar-refractivity contribution < 1.29 is 4.74 Å². The molecule has 1 saturated carbocycles. The Morgan fingerprint density at radius 3 is 2.39 bits per heavy atom. The van der Waals surface area contributed by atoms with Crippen LogP contribution in [0.1, 0.15) is 68.4 Å². The van der Waals surface area contributed by atoms with Gasteiger partial charge >= 0.3 is 0 Å². The van der Waals surface area contributed by atoms with Crippen molar-refractivity contribution in [3.8, 4) is 6.07 Å². The number of nitrogens with zero attached hydrogens (tertiary/aromatic N) is 3. The van der Waals surface area contributed by atoms with Crippen LogP contribution in [0.3, 0.4) is 0 Å². The predicted molar refractivity (Wildman–Crippen MR) is 145 cm³/mol. The Morgan fingerprint density at radius 1 is 1.00 bits per heavy atom. The van der Waals surface area contributed by atoms with Gasteiger partial charge in [0.25, 0.3) is 5.70 Å². The molecule has 2 aromatic rings. The summed E-state index contributed by atoms with van der Waals surface area (Å²) in [5.74, 6) is 1.41. The number of piperidine rings is 1. The van der Waals surface area contributed by atoms with Gasteiger partial charge < -0.3 is 9.64 Å². The number of rotatable bonds is 4. The molecule has 2 fully saturated rings. The van der Waals surface area contributed by atoms with Crippen LogP contribution < -0.4 is 4.90 Å². The minimum absolute atomic E-state index is 0.189. The van der Waals surface area contributed by atoms with Crippen LogP contribution in [0.15, 0.2) is 83.8 Å². The second-order valence-electron chi connectivity index (χ2n) is 10.3. The van der Waals surface area contributed by atoms with Crippen molar-refractivity contribution in [3.05, 3.63) is 106 Å². The Morgan fingerprint density at radius 2 is 1.72 bits per heavy atom. The predicted octanol–water partition coefficient (Wildman–Crippen LogP) is 7.79. The first-order chi connectivity index (χ1) is 17.7. The molecule has 4 nitrogen and oxygen atoms in total. The van der Waals surface area contributed by atoms with Crippen molar-refractivity contribution >= 4 is 11.8 Å². The summed E-state index contributed by atoms with van der Waals surface area (Å²) in [6.07, 6.45) is 14.4. The van der Waals surface area contributed by atoms with Crippen LogP contribution in [0.2, 0.25) is 0 Å². The van der Waals surface area contributed by atoms with Gasteiger partial charge in [0, 0.05) is 25.2 Å². The van der Waals surface area contributed by atoms with Gasteiger partial charge in [0.1, 0.15) is 11.4 Å². The molecule has 2 aromatic carbocycles. The maximum Gasteiger partial charge on any atom is 0.265 e. The highest BCUT2D eigenvalue weighted by molar-refractivity contribution is 5.58. The monoisotopic (exact) mass is 475 g/mol. The topological polar surface area (TPSA) is 40.6 Å². The highest BCUT2D eigenvalue weighted by Crippen LogP contribution is 2.43. The molecule has 1 saturated heterocycles. The average molecular weight is 476 g/mol. The molecule has 4 heteroatoms. The van der Waals surface area contributed by atoms with Crippen LogP contribution in [0, 0.1) is 17.9 Å². The zero-order valence-electron chi connectivity index (χ0n) is 20.8. The van der Waals surface area contributed by atoms with Gasteiger partial charge in [-0.1, -0.05) is 55.0 Å². The van der Waals surface area contributed by atoms with E-state index in [1.54, 1.807) is 0 Å². The lowest BCUT2D eigenvalue weighted by Gasteiger charge is -2.41. The molecule has 1 aliphatic carbocycles. The van der Waals surface area contributed by atoms with Gasteiger partial charge in [-0.2, -0.15) is 0 Å². The maximum absolute atomic E-state index is 9.45. The number of benzene rings is 2. The van der Waals surface area contributed by atoms with E-state index in [-0.39, 0.29) is 11.3 Å². The Hall–Kier alpha value is -3.76. The fraction of sp³-hybridized carbons (Fsp3) is 0.375. The molecule has 0 unspecified atom stereocenters. The van der Waals surface area contributed by atoms with E-state index >= 15 is 0 Å². The molecule has 0 amide bonds. The van der Waals surface area contributed by atoms with Crippen LogP contribution in [0.5, 0.6) is 0 Å². The summed E-state index contributed by atoms with van der Waals surface area (Å²) in [5, 5.41) is 9.45. The van der Waals surface area contributed by atoms with Crippen LogP contribution >= 0.6 is 0 Å². The molecule has 0 aromatic heterocycles. The van der Waals surface area contributed by atoms with E-state index in [2.05, 4.69) is 76.5 Å². The van der Waals surface area contributed by atoms with Crippen LogP contribution in [-0.4, -0.2) is 18.7 Å². The second kappa shape index (κ2) is 10.9. The van der Waals surface area contributed by atoms with E-state index in [1.165, 1.54) is 30.5 Å². The van der Waals surface area contributed by atoms with Gasteiger partial charge in [0.05, 0.1) is 12.6 Å². The van der Waals surface area contributed by atoms with Crippen molar-refractivity contribution in [1.82, 2.24) is 0 Å². The largest absolute Gasteiger partial charge is 0.487 e. The normalized spacial score (nSPS) is 21.4. The van der Waals surface area contributed by atoms with Crippen LogP contribution in [0.4, 0.5) is 5.69 Å². The van der Waals surface area contributed by atoms with E-state index in [1.807, 2.05) is 12.2 Å². The van der Waals surface area contributed by atoms with Crippen LogP contribution in [0.25, 0.3) is 10.9 Å². The summed E-state index contributed by atoms with van der Waals surface area (Å²) in [6.45, 7) is 9.57. The molecule has 0 atom stereocenters. The lowest BCUT2D eigenvalue weighted by Crippen LogP contribution is -2.37. The lowest BCUT2D eigenvalue weighted by molar-refractivity contribution is -0.0285. The summed E-state index contributed by atoms with van der Waals surface area (Å²) >= 11 is 0. The molecular formula is C32H33N3O. The van der Waals surface area contributed by atoms with Crippen molar-refractivity contribution in [3.63, 3.8) is 0 Å². The third kappa shape index (κ3) is 5.39. The highest BCUT2D eigenvalue weighted by Gasteiger charge is 2.38. The summed E-state index contributed by atoms with van der Waals surface area (Å²) in [6, 6.07) is 21.7. The Labute approximate surface area is 215 Å². The van der Waals surface area contributed by atoms with E-state index in [0.717, 1.165) is 55.7 Å². The highest BCUT2D eigenvalue weighted by atomic mass is 16.5. The summed E-state index contributed by atoms with van der Waals surface area (Å²) in [5.41, 5.74) is 4.58.